The van der Waals surface area contributed by atoms with Crippen LogP contribution in [0.3, 0.4) is 0 Å². The Kier molecular flexibility index (Phi) is 4.22. The summed E-state index contributed by atoms with van der Waals surface area (Å²) in [5.41, 5.74) is 2.00. The molecule has 150 valence electrons. The zero-order valence-corrected chi connectivity index (χ0v) is 16.2. The number of rotatable bonds is 3. The standard InChI is InChI=1S/C23H13FN4O3/c1-30-16-5-2-13(3-6-16)19-9-21-26-11-14(12-28(21)27-19)22-17-8-15(24)4-7-20(17)31-23(29)18(22)10-25/h2-9,11-12H,1H3. The third kappa shape index (κ3) is 3.09. The van der Waals surface area contributed by atoms with Crippen LogP contribution in [0.5, 0.6) is 5.75 Å². The van der Waals surface area contributed by atoms with E-state index < -0.39 is 11.4 Å². The number of nitrogens with zero attached hydrogens (tertiary/aromatic N) is 4. The van der Waals surface area contributed by atoms with Crippen LogP contribution in [0, 0.1) is 17.1 Å². The van der Waals surface area contributed by atoms with Crippen molar-refractivity contribution in [3.63, 3.8) is 0 Å². The molecule has 0 aliphatic heterocycles. The Morgan fingerprint density at radius 1 is 1.13 bits per heavy atom. The van der Waals surface area contributed by atoms with E-state index in [-0.39, 0.29) is 16.7 Å². The Hall–Kier alpha value is -4.51. The van der Waals surface area contributed by atoms with Crippen LogP contribution in [-0.4, -0.2) is 21.7 Å². The number of fused-ring (bicyclic) bond motifs is 2. The molecule has 0 saturated carbocycles. The van der Waals surface area contributed by atoms with Crippen LogP contribution < -0.4 is 10.4 Å². The molecule has 31 heavy (non-hydrogen) atoms. The van der Waals surface area contributed by atoms with E-state index in [9.17, 15) is 14.4 Å². The number of hydrogen-bond donors (Lipinski definition) is 0. The van der Waals surface area contributed by atoms with Crippen LogP contribution in [0.25, 0.3) is 39.0 Å². The van der Waals surface area contributed by atoms with E-state index in [1.165, 1.54) is 24.4 Å². The first-order valence-electron chi connectivity index (χ1n) is 9.24. The third-order valence-electron chi connectivity index (χ3n) is 4.97. The molecule has 7 nitrogen and oxygen atoms in total. The van der Waals surface area contributed by atoms with Crippen molar-refractivity contribution in [1.82, 2.24) is 14.6 Å². The molecule has 0 spiro atoms. The molecule has 0 bridgehead atoms. The first-order chi connectivity index (χ1) is 15.1. The van der Waals surface area contributed by atoms with Gasteiger partial charge in [-0.2, -0.15) is 10.4 Å². The Bertz CT molecular complexity index is 1560. The van der Waals surface area contributed by atoms with Gasteiger partial charge in [-0.05, 0) is 42.5 Å². The maximum Gasteiger partial charge on any atom is 0.354 e. The predicted molar refractivity (Wildman–Crippen MR) is 111 cm³/mol. The number of hydrogen-bond acceptors (Lipinski definition) is 6. The molecule has 0 saturated heterocycles. The molecule has 0 aliphatic carbocycles. The molecular formula is C23H13FN4O3. The monoisotopic (exact) mass is 412 g/mol. The van der Waals surface area contributed by atoms with Crippen molar-refractivity contribution in [1.29, 1.82) is 5.26 Å². The van der Waals surface area contributed by atoms with Crippen LogP contribution in [-0.2, 0) is 0 Å². The molecule has 0 N–H and O–H groups in total. The van der Waals surface area contributed by atoms with E-state index in [0.717, 1.165) is 11.3 Å². The smallest absolute Gasteiger partial charge is 0.354 e. The molecule has 0 fully saturated rings. The van der Waals surface area contributed by atoms with E-state index in [4.69, 9.17) is 9.15 Å². The van der Waals surface area contributed by atoms with Crippen molar-refractivity contribution in [2.45, 2.75) is 0 Å². The molecule has 8 heteroatoms. The Morgan fingerprint density at radius 2 is 1.94 bits per heavy atom. The lowest BCUT2D eigenvalue weighted by Gasteiger charge is -2.08. The number of halogens is 1. The highest BCUT2D eigenvalue weighted by atomic mass is 19.1. The number of ether oxygens (including phenoxy) is 1. The van der Waals surface area contributed by atoms with Gasteiger partial charge in [0.05, 0.1) is 12.8 Å². The zero-order valence-electron chi connectivity index (χ0n) is 16.2. The maximum absolute atomic E-state index is 13.9. The summed E-state index contributed by atoms with van der Waals surface area (Å²) < 4.78 is 25.8. The molecular weight excluding hydrogens is 399 g/mol. The molecule has 0 aliphatic rings. The quantitative estimate of drug-likeness (QED) is 0.413. The van der Waals surface area contributed by atoms with E-state index in [1.807, 2.05) is 36.4 Å². The van der Waals surface area contributed by atoms with Crippen molar-refractivity contribution < 1.29 is 13.5 Å². The third-order valence-corrected chi connectivity index (χ3v) is 4.97. The lowest BCUT2D eigenvalue weighted by Crippen LogP contribution is -2.07. The number of aromatic nitrogens is 3. The summed E-state index contributed by atoms with van der Waals surface area (Å²) >= 11 is 0. The van der Waals surface area contributed by atoms with Crippen LogP contribution in [0.1, 0.15) is 5.56 Å². The first-order valence-corrected chi connectivity index (χ1v) is 9.24. The SMILES string of the molecule is COc1ccc(-c2cc3ncc(-c4c(C#N)c(=O)oc5ccc(F)cc45)cn3n2)cc1. The zero-order chi connectivity index (χ0) is 21.5. The second kappa shape index (κ2) is 7.07. The van der Waals surface area contributed by atoms with Gasteiger partial charge in [0.2, 0.25) is 0 Å². The topological polar surface area (TPSA) is 93.4 Å². The Labute approximate surface area is 174 Å². The molecule has 3 aromatic heterocycles. The predicted octanol–water partition coefficient (Wildman–Crippen LogP) is 4.19. The fourth-order valence-corrected chi connectivity index (χ4v) is 3.48. The average Bonchev–Trinajstić information content (AvgIpc) is 3.22. The molecule has 2 aromatic carbocycles. The Morgan fingerprint density at radius 3 is 2.68 bits per heavy atom. The maximum atomic E-state index is 13.9. The van der Waals surface area contributed by atoms with Crippen molar-refractivity contribution in [3.8, 4) is 34.2 Å². The van der Waals surface area contributed by atoms with Gasteiger partial charge in [0.15, 0.2) is 5.65 Å². The highest BCUT2D eigenvalue weighted by molar-refractivity contribution is 5.95. The van der Waals surface area contributed by atoms with Gasteiger partial charge in [0.25, 0.3) is 0 Å². The summed E-state index contributed by atoms with van der Waals surface area (Å²) in [5.74, 6) is 0.223. The highest BCUT2D eigenvalue weighted by Crippen LogP contribution is 2.31. The summed E-state index contributed by atoms with van der Waals surface area (Å²) in [6, 6.07) is 14.9. The van der Waals surface area contributed by atoms with Gasteiger partial charge in [0, 0.05) is 40.5 Å². The second-order valence-corrected chi connectivity index (χ2v) is 6.80. The second-order valence-electron chi connectivity index (χ2n) is 6.80. The van der Waals surface area contributed by atoms with Crippen molar-refractivity contribution in [3.05, 3.63) is 82.7 Å². The van der Waals surface area contributed by atoms with E-state index >= 15 is 0 Å². The molecule has 0 atom stereocenters. The van der Waals surface area contributed by atoms with E-state index in [2.05, 4.69) is 10.1 Å². The normalized spacial score (nSPS) is 11.0. The van der Waals surface area contributed by atoms with E-state index in [1.54, 1.807) is 17.8 Å². The fraction of sp³-hybridized carbons (Fsp3) is 0.0435. The van der Waals surface area contributed by atoms with Gasteiger partial charge in [0.1, 0.15) is 28.8 Å². The fourth-order valence-electron chi connectivity index (χ4n) is 3.48. The molecule has 5 rings (SSSR count). The van der Waals surface area contributed by atoms with Crippen LogP contribution in [0.4, 0.5) is 4.39 Å². The highest BCUT2D eigenvalue weighted by Gasteiger charge is 2.18. The lowest BCUT2D eigenvalue weighted by atomic mass is 10.00. The van der Waals surface area contributed by atoms with Crippen LogP contribution >= 0.6 is 0 Å². The number of benzene rings is 2. The van der Waals surface area contributed by atoms with Gasteiger partial charge in [-0.3, -0.25) is 0 Å². The van der Waals surface area contributed by atoms with Crippen molar-refractivity contribution in [2.75, 3.05) is 7.11 Å². The molecule has 0 amide bonds. The van der Waals surface area contributed by atoms with Gasteiger partial charge in [-0.25, -0.2) is 18.7 Å². The van der Waals surface area contributed by atoms with E-state index in [0.29, 0.717) is 22.3 Å². The number of nitriles is 1. The minimum atomic E-state index is -0.795. The Balaban J connectivity index is 1.71. The lowest BCUT2D eigenvalue weighted by molar-refractivity contribution is 0.415. The molecule has 0 unspecified atom stereocenters. The van der Waals surface area contributed by atoms with Crippen molar-refractivity contribution >= 4 is 16.6 Å². The minimum absolute atomic E-state index is 0.180. The minimum Gasteiger partial charge on any atom is -0.497 e. The molecule has 0 radical (unpaired) electrons. The number of methoxy groups -OCH3 is 1. The van der Waals surface area contributed by atoms with Gasteiger partial charge in [-0.15, -0.1) is 0 Å². The molecule has 3 heterocycles. The summed E-state index contributed by atoms with van der Waals surface area (Å²) in [5, 5.41) is 14.4. The summed E-state index contributed by atoms with van der Waals surface area (Å²) in [6.45, 7) is 0. The summed E-state index contributed by atoms with van der Waals surface area (Å²) in [4.78, 5) is 16.7. The van der Waals surface area contributed by atoms with Crippen molar-refractivity contribution in [2.24, 2.45) is 0 Å². The first kappa shape index (κ1) is 18.5. The summed E-state index contributed by atoms with van der Waals surface area (Å²) in [7, 11) is 1.60. The molecule has 5 aromatic rings. The summed E-state index contributed by atoms with van der Waals surface area (Å²) in [6.07, 6.45) is 3.17. The van der Waals surface area contributed by atoms with Crippen LogP contribution in [0.15, 0.2) is 70.1 Å². The average molecular weight is 412 g/mol. The largest absolute Gasteiger partial charge is 0.497 e. The van der Waals surface area contributed by atoms with Gasteiger partial charge < -0.3 is 9.15 Å². The van der Waals surface area contributed by atoms with Crippen LogP contribution in [0.2, 0.25) is 0 Å². The van der Waals surface area contributed by atoms with Gasteiger partial charge >= 0.3 is 5.63 Å². The van der Waals surface area contributed by atoms with Gasteiger partial charge in [-0.1, -0.05) is 0 Å².